The van der Waals surface area contributed by atoms with Gasteiger partial charge in [0.05, 0.1) is 33.9 Å². The van der Waals surface area contributed by atoms with Gasteiger partial charge in [0.1, 0.15) is 0 Å². The topological polar surface area (TPSA) is 113 Å². The maximum absolute atomic E-state index is 12.1. The van der Waals surface area contributed by atoms with Crippen molar-refractivity contribution in [2.45, 2.75) is 84.5 Å². The number of hydrogen-bond acceptors (Lipinski definition) is 7. The molecule has 5 heterocycles. The highest BCUT2D eigenvalue weighted by atomic mass is 32.1. The number of dihydropyridines is 1. The van der Waals surface area contributed by atoms with Gasteiger partial charge in [-0.05, 0) is 96.7 Å². The standard InChI is InChI=1S/C37H41N3O4S2/c1-3-5-7-9-11-24-17-34(45-23-24)35-26(12-10-8-6-4-2)22-33(46-35)25-13-15-38-29(18-25)31-20-28(37(43)44)21-32(40-31)30-19-27(36(41)42)14-16-39-30/h14,16-23H,3-13,15H2,1-2H3,(H,41,42)(H,43,44). The zero-order valence-electron chi connectivity index (χ0n) is 26.6. The predicted molar refractivity (Wildman–Crippen MR) is 189 cm³/mol. The highest BCUT2D eigenvalue weighted by Crippen LogP contribution is 2.41. The summed E-state index contributed by atoms with van der Waals surface area (Å²) in [7, 11) is 0. The number of aromatic carboxylic acids is 2. The number of allylic oxidation sites excluding steroid dienone is 1. The molecule has 0 spiro atoms. The molecule has 0 unspecified atom stereocenters. The maximum atomic E-state index is 12.1. The Morgan fingerprint density at radius 1 is 0.804 bits per heavy atom. The summed E-state index contributed by atoms with van der Waals surface area (Å²) < 4.78 is 0. The third-order valence-corrected chi connectivity index (χ3v) is 10.6. The first-order chi connectivity index (χ1) is 22.4. The zero-order valence-corrected chi connectivity index (χ0v) is 28.2. The Balaban J connectivity index is 1.46. The van der Waals surface area contributed by atoms with Crippen LogP contribution in [0.5, 0.6) is 0 Å². The van der Waals surface area contributed by atoms with Crippen molar-refractivity contribution in [3.05, 3.63) is 86.9 Å². The molecule has 5 rings (SSSR count). The normalized spacial score (nSPS) is 13.0. The van der Waals surface area contributed by atoms with Crippen molar-refractivity contribution in [1.82, 2.24) is 9.97 Å². The average Bonchev–Trinajstić information content (AvgIpc) is 3.72. The highest BCUT2D eigenvalue weighted by Gasteiger charge is 2.20. The van der Waals surface area contributed by atoms with Crippen LogP contribution in [-0.4, -0.2) is 44.4 Å². The Morgan fingerprint density at radius 2 is 1.52 bits per heavy atom. The van der Waals surface area contributed by atoms with E-state index in [0.29, 0.717) is 23.6 Å². The molecule has 7 nitrogen and oxygen atoms in total. The van der Waals surface area contributed by atoms with Gasteiger partial charge in [-0.15, -0.1) is 22.7 Å². The molecule has 0 aromatic carbocycles. The van der Waals surface area contributed by atoms with Crippen molar-refractivity contribution in [2.24, 2.45) is 4.99 Å². The molecule has 2 N–H and O–H groups in total. The SMILES string of the molecule is CCCCCCc1csc(-c2sc(C3=CC(c4cc(C(=O)O)cc(-c5cc(C(=O)O)ccn5)n4)=NCC3)cc2CCCCCC)c1. The largest absolute Gasteiger partial charge is 0.478 e. The Kier molecular flexibility index (Phi) is 11.7. The fourth-order valence-corrected chi connectivity index (χ4v) is 8.01. The smallest absolute Gasteiger partial charge is 0.335 e. The van der Waals surface area contributed by atoms with Gasteiger partial charge in [-0.25, -0.2) is 14.6 Å². The molecular weight excluding hydrogens is 615 g/mol. The number of aryl methyl sites for hydroxylation is 2. The Labute approximate surface area is 278 Å². The molecule has 1 aliphatic heterocycles. The van der Waals surface area contributed by atoms with Crippen LogP contribution in [0.15, 0.2) is 59.0 Å². The van der Waals surface area contributed by atoms with Gasteiger partial charge < -0.3 is 10.2 Å². The molecule has 0 saturated heterocycles. The van der Waals surface area contributed by atoms with Crippen LogP contribution in [0.25, 0.3) is 26.7 Å². The second-order valence-electron chi connectivity index (χ2n) is 11.8. The molecule has 4 aromatic rings. The molecule has 0 amide bonds. The van der Waals surface area contributed by atoms with E-state index in [2.05, 4.69) is 36.3 Å². The van der Waals surface area contributed by atoms with E-state index in [-0.39, 0.29) is 16.8 Å². The molecule has 0 saturated carbocycles. The summed E-state index contributed by atoms with van der Waals surface area (Å²) in [5, 5.41) is 21.6. The Morgan fingerprint density at radius 3 is 2.26 bits per heavy atom. The number of rotatable bonds is 16. The predicted octanol–water partition coefficient (Wildman–Crippen LogP) is 9.85. The fraction of sp³-hybridized carbons (Fsp3) is 0.378. The van der Waals surface area contributed by atoms with Crippen molar-refractivity contribution in [3.63, 3.8) is 0 Å². The van der Waals surface area contributed by atoms with Gasteiger partial charge in [0.2, 0.25) is 0 Å². The van der Waals surface area contributed by atoms with E-state index in [9.17, 15) is 19.8 Å². The molecule has 4 aromatic heterocycles. The van der Waals surface area contributed by atoms with Gasteiger partial charge in [-0.2, -0.15) is 0 Å². The molecule has 0 fully saturated rings. The molecule has 46 heavy (non-hydrogen) atoms. The van der Waals surface area contributed by atoms with Crippen molar-refractivity contribution in [3.8, 4) is 21.1 Å². The first kappa shape index (κ1) is 33.4. The molecule has 0 aliphatic carbocycles. The lowest BCUT2D eigenvalue weighted by atomic mass is 10.0. The first-order valence-electron chi connectivity index (χ1n) is 16.3. The van der Waals surface area contributed by atoms with E-state index in [1.54, 1.807) is 0 Å². The van der Waals surface area contributed by atoms with E-state index in [4.69, 9.17) is 9.98 Å². The van der Waals surface area contributed by atoms with Gasteiger partial charge in [-0.1, -0.05) is 52.4 Å². The van der Waals surface area contributed by atoms with Gasteiger partial charge in [0.25, 0.3) is 0 Å². The van der Waals surface area contributed by atoms with Crippen LogP contribution in [0.3, 0.4) is 0 Å². The average molecular weight is 656 g/mol. The Bertz CT molecular complexity index is 1750. The number of aromatic nitrogens is 2. The Hall–Kier alpha value is -3.95. The molecule has 0 atom stereocenters. The van der Waals surface area contributed by atoms with Crippen molar-refractivity contribution >= 4 is 45.9 Å². The van der Waals surface area contributed by atoms with Crippen LogP contribution in [0, 0.1) is 0 Å². The summed E-state index contributed by atoms with van der Waals surface area (Å²) in [6.45, 7) is 5.06. The number of hydrogen-bond donors (Lipinski definition) is 2. The molecule has 1 aliphatic rings. The van der Waals surface area contributed by atoms with Crippen LogP contribution in [0.4, 0.5) is 0 Å². The summed E-state index contributed by atoms with van der Waals surface area (Å²) in [4.78, 5) is 41.3. The van der Waals surface area contributed by atoms with Crippen molar-refractivity contribution in [2.75, 3.05) is 6.54 Å². The lowest BCUT2D eigenvalue weighted by Crippen LogP contribution is -2.11. The molecule has 9 heteroatoms. The minimum absolute atomic E-state index is 0.0433. The summed E-state index contributed by atoms with van der Waals surface area (Å²) in [5.74, 6) is -2.19. The minimum atomic E-state index is -1.10. The molecule has 0 bridgehead atoms. The van der Waals surface area contributed by atoms with Crippen LogP contribution in [-0.2, 0) is 12.8 Å². The van der Waals surface area contributed by atoms with Crippen LogP contribution < -0.4 is 0 Å². The molecule has 240 valence electrons. The van der Waals surface area contributed by atoms with E-state index in [1.807, 2.05) is 28.7 Å². The van der Waals surface area contributed by atoms with E-state index < -0.39 is 11.9 Å². The van der Waals surface area contributed by atoms with E-state index in [0.717, 1.165) is 19.3 Å². The monoisotopic (exact) mass is 655 g/mol. The number of unbranched alkanes of at least 4 members (excludes halogenated alkanes) is 6. The number of carboxylic acid groups (broad SMARTS) is 2. The number of aliphatic imine (C=N–C) groups is 1. The summed E-state index contributed by atoms with van der Waals surface area (Å²) in [6, 6.07) is 10.5. The third-order valence-electron chi connectivity index (χ3n) is 8.20. The number of thiophene rings is 2. The quantitative estimate of drug-likeness (QED) is 0.116. The third kappa shape index (κ3) is 8.44. The number of carboxylic acids is 2. The van der Waals surface area contributed by atoms with Crippen molar-refractivity contribution < 1.29 is 19.8 Å². The van der Waals surface area contributed by atoms with Crippen LogP contribution in [0.1, 0.15) is 114 Å². The summed E-state index contributed by atoms with van der Waals surface area (Å²) in [5.41, 5.74) is 5.72. The van der Waals surface area contributed by atoms with Gasteiger partial charge in [-0.3, -0.25) is 9.98 Å². The lowest BCUT2D eigenvalue weighted by molar-refractivity contribution is 0.0685. The van der Waals surface area contributed by atoms with E-state index >= 15 is 0 Å². The van der Waals surface area contributed by atoms with Crippen molar-refractivity contribution in [1.29, 1.82) is 0 Å². The number of pyridine rings is 2. The molecule has 0 radical (unpaired) electrons. The zero-order chi connectivity index (χ0) is 32.5. The van der Waals surface area contributed by atoms with Crippen LogP contribution >= 0.6 is 22.7 Å². The van der Waals surface area contributed by atoms with Gasteiger partial charge in [0, 0.05) is 27.4 Å². The number of carbonyl (C=O) groups is 2. The molecular formula is C37H41N3O4S2. The summed E-state index contributed by atoms with van der Waals surface area (Å²) in [6.07, 6.45) is 16.3. The fourth-order valence-electron chi connectivity index (χ4n) is 5.65. The lowest BCUT2D eigenvalue weighted by Gasteiger charge is -2.13. The maximum Gasteiger partial charge on any atom is 0.335 e. The second kappa shape index (κ2) is 16.1. The number of nitrogens with zero attached hydrogens (tertiary/aromatic N) is 3. The van der Waals surface area contributed by atoms with Crippen LogP contribution in [0.2, 0.25) is 0 Å². The van der Waals surface area contributed by atoms with Gasteiger partial charge in [0.15, 0.2) is 0 Å². The first-order valence-corrected chi connectivity index (χ1v) is 18.0. The van der Waals surface area contributed by atoms with E-state index in [1.165, 1.54) is 113 Å². The minimum Gasteiger partial charge on any atom is -0.478 e. The summed E-state index contributed by atoms with van der Waals surface area (Å²) >= 11 is 3.69. The van der Waals surface area contributed by atoms with Gasteiger partial charge >= 0.3 is 11.9 Å². The highest BCUT2D eigenvalue weighted by molar-refractivity contribution is 7.22. The second-order valence-corrected chi connectivity index (χ2v) is 13.7.